The van der Waals surface area contributed by atoms with Gasteiger partial charge in [0.15, 0.2) is 0 Å². The lowest BCUT2D eigenvalue weighted by atomic mass is 9.96. The van der Waals surface area contributed by atoms with Crippen LogP contribution in [0.2, 0.25) is 5.02 Å². The third-order valence-electron chi connectivity index (χ3n) is 10.6. The molecule has 1 saturated heterocycles. The number of rotatable bonds is 10. The number of aryl methyl sites for hydroxylation is 2. The first-order chi connectivity index (χ1) is 25.9. The number of benzene rings is 2. The van der Waals surface area contributed by atoms with E-state index in [1.54, 1.807) is 19.2 Å². The number of methoxy groups -OCH3 is 1. The maximum Gasteiger partial charge on any atom is 0.330 e. The zero-order valence-electron chi connectivity index (χ0n) is 30.6. The molecule has 0 saturated carbocycles. The summed E-state index contributed by atoms with van der Waals surface area (Å²) in [5.74, 6) is 0.459. The molecule has 2 atom stereocenters. The van der Waals surface area contributed by atoms with Crippen LogP contribution in [-0.2, 0) is 20.5 Å². The summed E-state index contributed by atoms with van der Waals surface area (Å²) in [6.07, 6.45) is 0.555. The Morgan fingerprint density at radius 2 is 1.78 bits per heavy atom. The van der Waals surface area contributed by atoms with E-state index in [9.17, 15) is 23.2 Å². The fourth-order valence-electron chi connectivity index (χ4n) is 7.66. The number of carbonyl (C=O) groups is 1. The summed E-state index contributed by atoms with van der Waals surface area (Å²) in [5, 5.41) is 9.41. The zero-order valence-corrected chi connectivity index (χ0v) is 31.4. The molecule has 12 nitrogen and oxygen atoms in total. The molecule has 2 amide bonds. The maximum atomic E-state index is 14.0. The Morgan fingerprint density at radius 3 is 2.52 bits per heavy atom. The number of urea groups is 1. The molecule has 7 rings (SSSR count). The maximum absolute atomic E-state index is 14.0. The number of ether oxygens (including phenoxy) is 1. The molecule has 1 fully saturated rings. The third-order valence-corrected chi connectivity index (χ3v) is 11.1. The van der Waals surface area contributed by atoms with Gasteiger partial charge in [-0.05, 0) is 74.5 Å². The number of nitrogens with one attached hydrogen (secondary N) is 3. The number of pyridine rings is 2. The molecule has 0 bridgehead atoms. The first-order valence-corrected chi connectivity index (χ1v) is 18.1. The Hall–Kier alpha value is -5.34. The summed E-state index contributed by atoms with van der Waals surface area (Å²) in [6.45, 7) is 3.35. The van der Waals surface area contributed by atoms with Crippen LogP contribution in [0, 0.1) is 6.92 Å². The minimum absolute atomic E-state index is 0.00849. The van der Waals surface area contributed by atoms with Crippen molar-refractivity contribution in [2.45, 2.75) is 51.1 Å². The monoisotopic (exact) mass is 758 g/mol. The number of hydrogen-bond acceptors (Lipinski definition) is 8. The van der Waals surface area contributed by atoms with Gasteiger partial charge in [-0.2, -0.15) is 0 Å². The van der Waals surface area contributed by atoms with Gasteiger partial charge >= 0.3 is 11.7 Å². The van der Waals surface area contributed by atoms with Crippen LogP contribution in [0.5, 0.6) is 5.88 Å². The van der Waals surface area contributed by atoms with E-state index in [0.29, 0.717) is 34.4 Å². The second-order valence-corrected chi connectivity index (χ2v) is 14.2. The van der Waals surface area contributed by atoms with Gasteiger partial charge in [0.05, 0.1) is 23.3 Å². The molecule has 282 valence electrons. The van der Waals surface area contributed by atoms with E-state index in [1.807, 2.05) is 31.2 Å². The van der Waals surface area contributed by atoms with E-state index in [-0.39, 0.29) is 34.8 Å². The van der Waals surface area contributed by atoms with Crippen molar-refractivity contribution < 1.29 is 18.3 Å². The molecule has 1 aliphatic carbocycles. The van der Waals surface area contributed by atoms with E-state index >= 15 is 0 Å². The van der Waals surface area contributed by atoms with Crippen molar-refractivity contribution in [3.8, 4) is 28.3 Å². The summed E-state index contributed by atoms with van der Waals surface area (Å²) in [4.78, 5) is 49.1. The second-order valence-electron chi connectivity index (χ2n) is 13.9. The number of nitrogens with zero attached hydrogens (tertiary/aromatic N) is 5. The molecule has 5 aromatic rings. The minimum Gasteiger partial charge on any atom is -0.481 e. The second kappa shape index (κ2) is 14.8. The number of fused-ring (bicyclic) bond motifs is 2. The molecule has 1 aliphatic heterocycles. The van der Waals surface area contributed by atoms with Crippen molar-refractivity contribution in [2.75, 3.05) is 32.6 Å². The molecule has 2 unspecified atom stereocenters. The van der Waals surface area contributed by atoms with Gasteiger partial charge in [0.2, 0.25) is 5.88 Å². The van der Waals surface area contributed by atoms with Crippen LogP contribution >= 0.6 is 11.6 Å². The van der Waals surface area contributed by atoms with E-state index in [1.165, 1.54) is 14.1 Å². The summed E-state index contributed by atoms with van der Waals surface area (Å²) in [7, 11) is 6.47. The highest BCUT2D eigenvalue weighted by Crippen LogP contribution is 2.45. The van der Waals surface area contributed by atoms with E-state index in [4.69, 9.17) is 21.3 Å². The van der Waals surface area contributed by atoms with Crippen LogP contribution in [0.1, 0.15) is 54.1 Å². The van der Waals surface area contributed by atoms with Crippen molar-refractivity contribution in [3.63, 3.8) is 0 Å². The lowest BCUT2D eigenvalue weighted by Gasteiger charge is -2.30. The van der Waals surface area contributed by atoms with Gasteiger partial charge in [0.25, 0.3) is 12.0 Å². The minimum atomic E-state index is -2.93. The van der Waals surface area contributed by atoms with E-state index in [0.717, 1.165) is 75.2 Å². The number of alkyl halides is 2. The molecule has 0 radical (unpaired) electrons. The molecule has 54 heavy (non-hydrogen) atoms. The van der Waals surface area contributed by atoms with Crippen LogP contribution in [0.25, 0.3) is 33.3 Å². The summed E-state index contributed by atoms with van der Waals surface area (Å²) in [6, 6.07) is 14.5. The smallest absolute Gasteiger partial charge is 0.330 e. The van der Waals surface area contributed by atoms with E-state index in [2.05, 4.69) is 38.9 Å². The molecule has 3 aromatic heterocycles. The van der Waals surface area contributed by atoms with Gasteiger partial charge in [-0.1, -0.05) is 41.9 Å². The largest absolute Gasteiger partial charge is 0.481 e. The third kappa shape index (κ3) is 6.68. The first-order valence-electron chi connectivity index (χ1n) is 17.7. The predicted molar refractivity (Wildman–Crippen MR) is 205 cm³/mol. The Labute approximate surface area is 315 Å². The van der Waals surface area contributed by atoms with E-state index < -0.39 is 23.4 Å². The average Bonchev–Trinajstić information content (AvgIpc) is 3.60. The quantitative estimate of drug-likeness (QED) is 0.149. The van der Waals surface area contributed by atoms with Gasteiger partial charge in [0.1, 0.15) is 16.9 Å². The Morgan fingerprint density at radius 1 is 1.04 bits per heavy atom. The molecule has 0 spiro atoms. The van der Waals surface area contributed by atoms with Crippen molar-refractivity contribution in [1.29, 1.82) is 0 Å². The fraction of sp³-hybridized carbons (Fsp3) is 0.359. The first kappa shape index (κ1) is 37.0. The molecule has 4 heterocycles. The predicted octanol–water partition coefficient (Wildman–Crippen LogP) is 6.39. The summed E-state index contributed by atoms with van der Waals surface area (Å²) < 4.78 is 35.9. The number of hydrogen-bond donors (Lipinski definition) is 3. The van der Waals surface area contributed by atoms with Crippen LogP contribution in [0.3, 0.4) is 0 Å². The standard InChI is InChI=1S/C39H41ClF2N8O4/c1-20-23(8-7-11-26(20)45-35-32-30(19-28(46-35)34(41)42)49(3)39(53)50(4)37(32)51)24-9-6-10-25(33(24)40)27-18-21-12-13-29(31(21)36(47-27)54-5)48(2)17-15-22-14-16-43-38(52)44-22/h6-11,18-19,22,29,34H,12-17H2,1-5H3,(H,45,46)(H2,43,44,52). The molecule has 15 heteroatoms. The van der Waals surface area contributed by atoms with Gasteiger partial charge in [0, 0.05) is 61.6 Å². The van der Waals surface area contributed by atoms with Crippen molar-refractivity contribution in [3.05, 3.63) is 96.8 Å². The van der Waals surface area contributed by atoms with Crippen molar-refractivity contribution in [1.82, 2.24) is 34.6 Å². The SMILES string of the molecule is COc1nc(-c2cccc(-c3cccc(Nc4nc(C(F)F)cc5c4c(=O)n(C)c(=O)n5C)c3C)c2Cl)cc2c1C(N(C)CCC1CCNC(=O)N1)CC2. The molecular weight excluding hydrogens is 718 g/mol. The molecule has 2 aromatic carbocycles. The molecular formula is C39H41ClF2N8O4. The summed E-state index contributed by atoms with van der Waals surface area (Å²) >= 11 is 7.20. The van der Waals surface area contributed by atoms with Crippen LogP contribution in [0.15, 0.2) is 58.1 Å². The topological polar surface area (TPSA) is 135 Å². The Bertz CT molecular complexity index is 2420. The van der Waals surface area contributed by atoms with Crippen LogP contribution in [-0.4, -0.2) is 63.3 Å². The van der Waals surface area contributed by atoms with Crippen molar-refractivity contribution >= 4 is 40.0 Å². The zero-order chi connectivity index (χ0) is 38.4. The van der Waals surface area contributed by atoms with Gasteiger partial charge in [-0.15, -0.1) is 0 Å². The normalized spacial score (nSPS) is 16.8. The van der Waals surface area contributed by atoms with Crippen LogP contribution in [0.4, 0.5) is 25.1 Å². The lowest BCUT2D eigenvalue weighted by Crippen LogP contribution is -2.50. The highest BCUT2D eigenvalue weighted by atomic mass is 35.5. The molecule has 3 N–H and O–H groups in total. The molecule has 2 aliphatic rings. The van der Waals surface area contributed by atoms with Gasteiger partial charge in [-0.25, -0.2) is 28.3 Å². The summed E-state index contributed by atoms with van der Waals surface area (Å²) in [5.41, 5.74) is 4.50. The lowest BCUT2D eigenvalue weighted by molar-refractivity contribution is 0.146. The number of anilines is 2. The Balaban J connectivity index is 1.21. The number of carbonyl (C=O) groups excluding carboxylic acids is 1. The van der Waals surface area contributed by atoms with Gasteiger partial charge < -0.3 is 20.7 Å². The number of amides is 2. The van der Waals surface area contributed by atoms with Crippen LogP contribution < -0.4 is 31.9 Å². The highest BCUT2D eigenvalue weighted by molar-refractivity contribution is 6.36. The van der Waals surface area contributed by atoms with Crippen molar-refractivity contribution in [2.24, 2.45) is 14.1 Å². The average molecular weight is 759 g/mol. The number of aromatic nitrogens is 4. The van der Waals surface area contributed by atoms with Gasteiger partial charge in [-0.3, -0.25) is 18.8 Å². The highest BCUT2D eigenvalue weighted by Gasteiger charge is 2.32. The Kier molecular flexibility index (Phi) is 10.2. The number of halogens is 3. The fourth-order valence-corrected chi connectivity index (χ4v) is 7.98.